The van der Waals surface area contributed by atoms with Crippen LogP contribution in [0.5, 0.6) is 5.75 Å². The molecule has 2 aromatic carbocycles. The number of fused-ring (bicyclic) bond motifs is 1. The second-order valence-electron chi connectivity index (χ2n) is 3.77. The van der Waals surface area contributed by atoms with Crippen LogP contribution in [0.1, 0.15) is 0 Å². The summed E-state index contributed by atoms with van der Waals surface area (Å²) in [6.07, 6.45) is 0. The van der Waals surface area contributed by atoms with Crippen LogP contribution in [0.4, 0.5) is 0 Å². The number of aromatic amines is 1. The van der Waals surface area contributed by atoms with Crippen molar-refractivity contribution >= 4 is 33.6 Å². The van der Waals surface area contributed by atoms with Crippen LogP contribution in [0.15, 0.2) is 42.5 Å². The monoisotopic (exact) mass is 336 g/mol. The van der Waals surface area contributed by atoms with E-state index in [0.29, 0.717) is 0 Å². The lowest BCUT2D eigenvalue weighted by molar-refractivity contribution is 0.476. The summed E-state index contributed by atoms with van der Waals surface area (Å²) >= 11 is 2.29. The first kappa shape index (κ1) is 10.6. The number of phenols is 1. The van der Waals surface area contributed by atoms with Crippen LogP contribution in [0.25, 0.3) is 22.4 Å². The smallest absolute Gasteiger partial charge is 0.139 e. The molecule has 0 spiro atoms. The third-order valence-corrected chi connectivity index (χ3v) is 3.54. The quantitative estimate of drug-likeness (QED) is 0.668. The standard InChI is InChI=1S/C13H9IN2O/c14-10-4-2-1-3-9(10)13-15-11-6-5-8(17)7-12(11)16-13/h1-7,17H,(H,15,16). The van der Waals surface area contributed by atoms with Crippen molar-refractivity contribution in [1.82, 2.24) is 9.97 Å². The second-order valence-corrected chi connectivity index (χ2v) is 4.93. The molecule has 84 valence electrons. The van der Waals surface area contributed by atoms with Gasteiger partial charge in [0.25, 0.3) is 0 Å². The second kappa shape index (κ2) is 4.03. The van der Waals surface area contributed by atoms with E-state index in [1.807, 2.05) is 24.3 Å². The Kier molecular flexibility index (Phi) is 2.51. The Morgan fingerprint density at radius 3 is 2.76 bits per heavy atom. The Balaban J connectivity index is 2.22. The van der Waals surface area contributed by atoms with Gasteiger partial charge in [0.05, 0.1) is 11.0 Å². The van der Waals surface area contributed by atoms with E-state index in [4.69, 9.17) is 0 Å². The SMILES string of the molecule is Oc1ccc2nc(-c3ccccc3I)[nH]c2c1. The van der Waals surface area contributed by atoms with Gasteiger partial charge in [0.1, 0.15) is 11.6 Å². The van der Waals surface area contributed by atoms with Crippen molar-refractivity contribution in [2.24, 2.45) is 0 Å². The van der Waals surface area contributed by atoms with Gasteiger partial charge in [0, 0.05) is 15.2 Å². The molecule has 0 saturated heterocycles. The van der Waals surface area contributed by atoms with Gasteiger partial charge < -0.3 is 10.1 Å². The number of nitrogens with one attached hydrogen (secondary N) is 1. The summed E-state index contributed by atoms with van der Waals surface area (Å²) in [6.45, 7) is 0. The minimum atomic E-state index is 0.246. The number of hydrogen-bond acceptors (Lipinski definition) is 2. The van der Waals surface area contributed by atoms with Gasteiger partial charge in [-0.2, -0.15) is 0 Å². The molecule has 0 aliphatic heterocycles. The van der Waals surface area contributed by atoms with Crippen molar-refractivity contribution in [3.05, 3.63) is 46.0 Å². The number of H-pyrrole nitrogens is 1. The zero-order valence-corrected chi connectivity index (χ0v) is 11.0. The largest absolute Gasteiger partial charge is 0.508 e. The average molecular weight is 336 g/mol. The molecule has 0 atom stereocenters. The number of phenolic OH excluding ortho intramolecular Hbond substituents is 1. The molecule has 2 N–H and O–H groups in total. The molecule has 0 fully saturated rings. The highest BCUT2D eigenvalue weighted by Gasteiger charge is 2.08. The van der Waals surface area contributed by atoms with Crippen molar-refractivity contribution in [1.29, 1.82) is 0 Å². The maximum atomic E-state index is 9.42. The molecule has 0 unspecified atom stereocenters. The zero-order chi connectivity index (χ0) is 11.8. The van der Waals surface area contributed by atoms with Crippen LogP contribution < -0.4 is 0 Å². The average Bonchev–Trinajstić information content (AvgIpc) is 2.72. The first-order valence-corrected chi connectivity index (χ1v) is 6.25. The van der Waals surface area contributed by atoms with Crippen LogP contribution in [0.2, 0.25) is 0 Å². The van der Waals surface area contributed by atoms with Gasteiger partial charge in [-0.25, -0.2) is 4.98 Å². The van der Waals surface area contributed by atoms with Crippen molar-refractivity contribution in [3.8, 4) is 17.1 Å². The van der Waals surface area contributed by atoms with Crippen LogP contribution >= 0.6 is 22.6 Å². The Morgan fingerprint density at radius 2 is 1.94 bits per heavy atom. The van der Waals surface area contributed by atoms with Crippen LogP contribution in [0, 0.1) is 3.57 Å². The Hall–Kier alpha value is -1.56. The molecular formula is C13H9IN2O. The van der Waals surface area contributed by atoms with Gasteiger partial charge in [-0.1, -0.05) is 18.2 Å². The third-order valence-electron chi connectivity index (χ3n) is 2.59. The number of aromatic hydroxyl groups is 1. The number of halogens is 1. The predicted octanol–water partition coefficient (Wildman–Crippen LogP) is 3.54. The highest BCUT2D eigenvalue weighted by molar-refractivity contribution is 14.1. The summed E-state index contributed by atoms with van der Waals surface area (Å²) in [5.74, 6) is 1.08. The summed E-state index contributed by atoms with van der Waals surface area (Å²) in [4.78, 5) is 7.73. The fourth-order valence-electron chi connectivity index (χ4n) is 1.78. The maximum absolute atomic E-state index is 9.42. The van der Waals surface area contributed by atoms with E-state index in [1.54, 1.807) is 18.2 Å². The van der Waals surface area contributed by atoms with E-state index in [9.17, 15) is 5.11 Å². The molecule has 3 nitrogen and oxygen atoms in total. The van der Waals surface area contributed by atoms with Crippen molar-refractivity contribution in [3.63, 3.8) is 0 Å². The summed E-state index contributed by atoms with van der Waals surface area (Å²) < 4.78 is 1.15. The first-order chi connectivity index (χ1) is 8.24. The molecule has 17 heavy (non-hydrogen) atoms. The van der Waals surface area contributed by atoms with E-state index in [1.165, 1.54) is 0 Å². The molecule has 0 radical (unpaired) electrons. The van der Waals surface area contributed by atoms with Gasteiger partial charge in [0.2, 0.25) is 0 Å². The van der Waals surface area contributed by atoms with Gasteiger partial charge in [-0.05, 0) is 40.8 Å². The molecule has 0 aliphatic rings. The molecule has 3 rings (SSSR count). The summed E-state index contributed by atoms with van der Waals surface area (Å²) in [5.41, 5.74) is 2.78. The van der Waals surface area contributed by atoms with Gasteiger partial charge in [-0.3, -0.25) is 0 Å². The highest BCUT2D eigenvalue weighted by atomic mass is 127. The number of nitrogens with zero attached hydrogens (tertiary/aromatic N) is 1. The molecule has 0 amide bonds. The summed E-state index contributed by atoms with van der Waals surface area (Å²) in [5, 5.41) is 9.42. The van der Waals surface area contributed by atoms with Crippen LogP contribution in [0.3, 0.4) is 0 Å². The lowest BCUT2D eigenvalue weighted by Crippen LogP contribution is -1.83. The Labute approximate surface area is 112 Å². The predicted molar refractivity (Wildman–Crippen MR) is 75.9 cm³/mol. The molecule has 0 aliphatic carbocycles. The topological polar surface area (TPSA) is 48.9 Å². The highest BCUT2D eigenvalue weighted by Crippen LogP contribution is 2.26. The lowest BCUT2D eigenvalue weighted by atomic mass is 10.2. The van der Waals surface area contributed by atoms with E-state index >= 15 is 0 Å². The normalized spacial score (nSPS) is 10.9. The van der Waals surface area contributed by atoms with E-state index in [0.717, 1.165) is 26.0 Å². The maximum Gasteiger partial charge on any atom is 0.139 e. The number of hydrogen-bond donors (Lipinski definition) is 2. The third kappa shape index (κ3) is 1.88. The molecular weight excluding hydrogens is 327 g/mol. The number of aromatic nitrogens is 2. The molecule has 0 bridgehead atoms. The van der Waals surface area contributed by atoms with Crippen molar-refractivity contribution < 1.29 is 5.11 Å². The van der Waals surface area contributed by atoms with E-state index < -0.39 is 0 Å². The number of benzene rings is 2. The molecule has 3 aromatic rings. The number of rotatable bonds is 1. The molecule has 0 saturated carbocycles. The Morgan fingerprint density at radius 1 is 1.12 bits per heavy atom. The Bertz CT molecular complexity index is 691. The lowest BCUT2D eigenvalue weighted by Gasteiger charge is -1.98. The minimum Gasteiger partial charge on any atom is -0.508 e. The fourth-order valence-corrected chi connectivity index (χ4v) is 2.42. The first-order valence-electron chi connectivity index (χ1n) is 5.18. The van der Waals surface area contributed by atoms with Gasteiger partial charge in [-0.15, -0.1) is 0 Å². The van der Waals surface area contributed by atoms with Crippen molar-refractivity contribution in [2.45, 2.75) is 0 Å². The molecule has 1 heterocycles. The van der Waals surface area contributed by atoms with Gasteiger partial charge in [0.15, 0.2) is 0 Å². The molecule has 4 heteroatoms. The minimum absolute atomic E-state index is 0.246. The van der Waals surface area contributed by atoms with E-state index in [2.05, 4.69) is 32.6 Å². The van der Waals surface area contributed by atoms with E-state index in [-0.39, 0.29) is 5.75 Å². The number of imidazole rings is 1. The zero-order valence-electron chi connectivity index (χ0n) is 8.81. The van der Waals surface area contributed by atoms with Crippen LogP contribution in [-0.4, -0.2) is 15.1 Å². The van der Waals surface area contributed by atoms with Crippen LogP contribution in [-0.2, 0) is 0 Å². The fraction of sp³-hybridized carbons (Fsp3) is 0. The summed E-state index contributed by atoms with van der Waals surface area (Å²) in [6, 6.07) is 13.2. The van der Waals surface area contributed by atoms with Crippen molar-refractivity contribution in [2.75, 3.05) is 0 Å². The van der Waals surface area contributed by atoms with Gasteiger partial charge >= 0.3 is 0 Å². The molecule has 1 aromatic heterocycles. The summed E-state index contributed by atoms with van der Waals surface area (Å²) in [7, 11) is 0.